The molecular formula is C14H21N3O2. The van der Waals surface area contributed by atoms with E-state index in [4.69, 9.17) is 4.74 Å². The SMILES string of the molecule is CNC(=O)C1CNCCN1CCOc1ccccc1. The second-order valence-corrected chi connectivity index (χ2v) is 4.53. The highest BCUT2D eigenvalue weighted by molar-refractivity contribution is 5.81. The number of nitrogens with one attached hydrogen (secondary N) is 2. The molecule has 0 radical (unpaired) electrons. The van der Waals surface area contributed by atoms with Crippen molar-refractivity contribution in [2.45, 2.75) is 6.04 Å². The molecule has 19 heavy (non-hydrogen) atoms. The van der Waals surface area contributed by atoms with Gasteiger partial charge in [-0.05, 0) is 12.1 Å². The molecule has 5 heteroatoms. The normalized spacial score (nSPS) is 19.9. The summed E-state index contributed by atoms with van der Waals surface area (Å²) in [5, 5.41) is 5.96. The molecule has 0 saturated carbocycles. The zero-order chi connectivity index (χ0) is 13.5. The van der Waals surface area contributed by atoms with Gasteiger partial charge in [0.1, 0.15) is 18.4 Å². The number of hydrogen-bond acceptors (Lipinski definition) is 4. The molecule has 0 aromatic heterocycles. The van der Waals surface area contributed by atoms with Crippen LogP contribution in [0.25, 0.3) is 0 Å². The third-order valence-corrected chi connectivity index (χ3v) is 3.29. The highest BCUT2D eigenvalue weighted by Crippen LogP contribution is 2.09. The van der Waals surface area contributed by atoms with Gasteiger partial charge in [-0.15, -0.1) is 0 Å². The summed E-state index contributed by atoms with van der Waals surface area (Å²) in [4.78, 5) is 13.9. The standard InChI is InChI=1S/C14H21N3O2/c1-15-14(18)13-11-16-7-8-17(13)9-10-19-12-5-3-2-4-6-12/h2-6,13,16H,7-11H2,1H3,(H,15,18). The van der Waals surface area contributed by atoms with Crippen molar-refractivity contribution in [3.63, 3.8) is 0 Å². The number of ether oxygens (including phenoxy) is 1. The Labute approximate surface area is 113 Å². The van der Waals surface area contributed by atoms with E-state index in [2.05, 4.69) is 15.5 Å². The lowest BCUT2D eigenvalue weighted by molar-refractivity contribution is -0.126. The van der Waals surface area contributed by atoms with Crippen molar-refractivity contribution in [3.05, 3.63) is 30.3 Å². The summed E-state index contributed by atoms with van der Waals surface area (Å²) in [6.07, 6.45) is 0. The van der Waals surface area contributed by atoms with Crippen molar-refractivity contribution in [2.24, 2.45) is 0 Å². The summed E-state index contributed by atoms with van der Waals surface area (Å²) in [7, 11) is 1.68. The van der Waals surface area contributed by atoms with E-state index in [1.54, 1.807) is 7.05 Å². The minimum absolute atomic E-state index is 0.0620. The molecular weight excluding hydrogens is 242 g/mol. The monoisotopic (exact) mass is 263 g/mol. The Morgan fingerprint density at radius 1 is 1.47 bits per heavy atom. The summed E-state index contributed by atoms with van der Waals surface area (Å²) in [6.45, 7) is 3.84. The van der Waals surface area contributed by atoms with Gasteiger partial charge in [0.2, 0.25) is 5.91 Å². The first kappa shape index (κ1) is 13.8. The van der Waals surface area contributed by atoms with Crippen molar-refractivity contribution in [3.8, 4) is 5.75 Å². The van der Waals surface area contributed by atoms with Crippen LogP contribution in [0.5, 0.6) is 5.75 Å². The van der Waals surface area contributed by atoms with Gasteiger partial charge in [-0.2, -0.15) is 0 Å². The number of hydrogen-bond donors (Lipinski definition) is 2. The zero-order valence-corrected chi connectivity index (χ0v) is 11.3. The van der Waals surface area contributed by atoms with Crippen molar-refractivity contribution in [1.29, 1.82) is 0 Å². The maximum Gasteiger partial charge on any atom is 0.238 e. The van der Waals surface area contributed by atoms with Crippen LogP contribution in [0.4, 0.5) is 0 Å². The molecule has 0 spiro atoms. The summed E-state index contributed by atoms with van der Waals surface area (Å²) in [5.74, 6) is 0.932. The molecule has 1 aromatic rings. The molecule has 2 rings (SSSR count). The van der Waals surface area contributed by atoms with Gasteiger partial charge in [0.25, 0.3) is 0 Å². The number of para-hydroxylation sites is 1. The van der Waals surface area contributed by atoms with Crippen LogP contribution < -0.4 is 15.4 Å². The molecule has 2 N–H and O–H groups in total. The predicted octanol–water partition coefficient (Wildman–Crippen LogP) is 0.0852. The number of likely N-dealkylation sites (N-methyl/N-ethyl adjacent to an activating group) is 1. The lowest BCUT2D eigenvalue weighted by Crippen LogP contribution is -2.58. The molecule has 1 aromatic carbocycles. The van der Waals surface area contributed by atoms with Crippen LogP contribution in [0.2, 0.25) is 0 Å². The summed E-state index contributed by atoms with van der Waals surface area (Å²) >= 11 is 0. The number of rotatable bonds is 5. The van der Waals surface area contributed by atoms with Gasteiger partial charge in [-0.3, -0.25) is 9.69 Å². The largest absolute Gasteiger partial charge is 0.492 e. The first-order valence-electron chi connectivity index (χ1n) is 6.65. The van der Waals surface area contributed by atoms with Crippen LogP contribution in [-0.4, -0.2) is 56.7 Å². The third kappa shape index (κ3) is 3.94. The molecule has 1 amide bonds. The molecule has 1 atom stereocenters. The van der Waals surface area contributed by atoms with E-state index in [1.807, 2.05) is 30.3 Å². The highest BCUT2D eigenvalue weighted by Gasteiger charge is 2.27. The predicted molar refractivity (Wildman–Crippen MR) is 74.2 cm³/mol. The minimum atomic E-state index is -0.0990. The zero-order valence-electron chi connectivity index (χ0n) is 11.3. The Balaban J connectivity index is 1.81. The number of nitrogens with zero attached hydrogens (tertiary/aromatic N) is 1. The van der Waals surface area contributed by atoms with E-state index in [1.165, 1.54) is 0 Å². The first-order chi connectivity index (χ1) is 9.31. The minimum Gasteiger partial charge on any atom is -0.492 e. The van der Waals surface area contributed by atoms with E-state index >= 15 is 0 Å². The van der Waals surface area contributed by atoms with Gasteiger partial charge >= 0.3 is 0 Å². The molecule has 1 aliphatic heterocycles. The smallest absolute Gasteiger partial charge is 0.238 e. The number of piperazine rings is 1. The van der Waals surface area contributed by atoms with Gasteiger partial charge in [0, 0.05) is 33.2 Å². The van der Waals surface area contributed by atoms with Gasteiger partial charge < -0.3 is 15.4 Å². The fraction of sp³-hybridized carbons (Fsp3) is 0.500. The quantitative estimate of drug-likeness (QED) is 0.790. The molecule has 1 saturated heterocycles. The van der Waals surface area contributed by atoms with Crippen LogP contribution in [0.3, 0.4) is 0 Å². The molecule has 104 valence electrons. The first-order valence-corrected chi connectivity index (χ1v) is 6.65. The van der Waals surface area contributed by atoms with E-state index in [0.29, 0.717) is 13.2 Å². The fourth-order valence-corrected chi connectivity index (χ4v) is 2.24. The van der Waals surface area contributed by atoms with Crippen molar-refractivity contribution in [1.82, 2.24) is 15.5 Å². The van der Waals surface area contributed by atoms with Crippen LogP contribution in [0, 0.1) is 0 Å². The average Bonchev–Trinajstić information content (AvgIpc) is 2.48. The summed E-state index contributed by atoms with van der Waals surface area (Å²) in [6, 6.07) is 9.64. The van der Waals surface area contributed by atoms with Crippen molar-refractivity contribution in [2.75, 3.05) is 39.8 Å². The van der Waals surface area contributed by atoms with E-state index in [9.17, 15) is 4.79 Å². The third-order valence-electron chi connectivity index (χ3n) is 3.29. The Bertz CT molecular complexity index is 397. The van der Waals surface area contributed by atoms with Crippen LogP contribution in [-0.2, 0) is 4.79 Å². The fourth-order valence-electron chi connectivity index (χ4n) is 2.24. The summed E-state index contributed by atoms with van der Waals surface area (Å²) < 4.78 is 5.68. The van der Waals surface area contributed by atoms with E-state index < -0.39 is 0 Å². The number of amides is 1. The lowest BCUT2D eigenvalue weighted by Gasteiger charge is -2.34. The maximum absolute atomic E-state index is 11.8. The van der Waals surface area contributed by atoms with Crippen LogP contribution >= 0.6 is 0 Å². The number of carbonyl (C=O) groups is 1. The van der Waals surface area contributed by atoms with Gasteiger partial charge in [0.15, 0.2) is 0 Å². The molecule has 1 heterocycles. The van der Waals surface area contributed by atoms with Gasteiger partial charge in [-0.25, -0.2) is 0 Å². The Morgan fingerprint density at radius 2 is 2.26 bits per heavy atom. The van der Waals surface area contributed by atoms with Crippen molar-refractivity contribution < 1.29 is 9.53 Å². The van der Waals surface area contributed by atoms with Crippen molar-refractivity contribution >= 4 is 5.91 Å². The molecule has 1 fully saturated rings. The van der Waals surface area contributed by atoms with Crippen LogP contribution in [0.1, 0.15) is 0 Å². The molecule has 0 aliphatic carbocycles. The second kappa shape index (κ2) is 7.11. The van der Waals surface area contributed by atoms with Gasteiger partial charge in [0.05, 0.1) is 0 Å². The Kier molecular flexibility index (Phi) is 5.18. The number of carbonyl (C=O) groups excluding carboxylic acids is 1. The Morgan fingerprint density at radius 3 is 3.00 bits per heavy atom. The van der Waals surface area contributed by atoms with E-state index in [-0.39, 0.29) is 11.9 Å². The lowest BCUT2D eigenvalue weighted by atomic mass is 10.2. The highest BCUT2D eigenvalue weighted by atomic mass is 16.5. The molecule has 5 nitrogen and oxygen atoms in total. The van der Waals surface area contributed by atoms with Gasteiger partial charge in [-0.1, -0.05) is 18.2 Å². The molecule has 1 unspecified atom stereocenters. The van der Waals surface area contributed by atoms with Crippen LogP contribution in [0.15, 0.2) is 30.3 Å². The second-order valence-electron chi connectivity index (χ2n) is 4.53. The van der Waals surface area contributed by atoms with E-state index in [0.717, 1.165) is 25.4 Å². The molecule has 1 aliphatic rings. The number of benzene rings is 1. The maximum atomic E-state index is 11.8. The topological polar surface area (TPSA) is 53.6 Å². The summed E-state index contributed by atoms with van der Waals surface area (Å²) in [5.41, 5.74) is 0. The average molecular weight is 263 g/mol. The Hall–Kier alpha value is -1.59. The molecule has 0 bridgehead atoms.